The van der Waals surface area contributed by atoms with E-state index in [0.717, 1.165) is 21.9 Å². The Kier molecular flexibility index (Phi) is 6.99. The second kappa shape index (κ2) is 9.66. The van der Waals surface area contributed by atoms with Crippen molar-refractivity contribution in [3.8, 4) is 5.75 Å². The van der Waals surface area contributed by atoms with E-state index in [1.165, 1.54) is 18.4 Å². The first-order valence-corrected chi connectivity index (χ1v) is 10.5. The number of benzene rings is 1. The van der Waals surface area contributed by atoms with Crippen LogP contribution in [0, 0.1) is 5.92 Å². The van der Waals surface area contributed by atoms with Crippen LogP contribution in [0.15, 0.2) is 24.3 Å². The first kappa shape index (κ1) is 21.7. The zero-order chi connectivity index (χ0) is 21.7. The number of hydrogen-bond acceptors (Lipinski definition) is 7. The maximum atomic E-state index is 12.6. The predicted octanol–water partition coefficient (Wildman–Crippen LogP) is 2.58. The van der Waals surface area contributed by atoms with Gasteiger partial charge in [0.05, 0.1) is 13.7 Å². The lowest BCUT2D eigenvalue weighted by atomic mass is 10.1. The molecule has 160 valence electrons. The van der Waals surface area contributed by atoms with E-state index in [2.05, 4.69) is 34.7 Å². The molecule has 2 aromatic rings. The molecule has 30 heavy (non-hydrogen) atoms. The number of nitrogens with zero attached hydrogens (tertiary/aromatic N) is 3. The normalized spacial score (nSPS) is 16.1. The SMILES string of the molecule is COc1ccccc1CN1C(=O)N[C@H](CCC(=O)Nc2nnc(CC(C)C)s2)C1=O. The number of ether oxygens (including phenoxy) is 1. The summed E-state index contributed by atoms with van der Waals surface area (Å²) in [5, 5.41) is 14.7. The Balaban J connectivity index is 1.52. The minimum Gasteiger partial charge on any atom is -0.496 e. The molecule has 1 fully saturated rings. The molecule has 1 aliphatic heterocycles. The van der Waals surface area contributed by atoms with Crippen molar-refractivity contribution in [3.05, 3.63) is 34.8 Å². The Morgan fingerprint density at radius 1 is 1.30 bits per heavy atom. The molecule has 0 radical (unpaired) electrons. The fourth-order valence-electron chi connectivity index (χ4n) is 3.12. The number of nitrogens with one attached hydrogen (secondary N) is 2. The van der Waals surface area contributed by atoms with Crippen LogP contribution in [0.4, 0.5) is 9.93 Å². The van der Waals surface area contributed by atoms with Gasteiger partial charge in [-0.2, -0.15) is 0 Å². The maximum absolute atomic E-state index is 12.6. The highest BCUT2D eigenvalue weighted by Crippen LogP contribution is 2.23. The fourth-order valence-corrected chi connectivity index (χ4v) is 4.09. The second-order valence-electron chi connectivity index (χ2n) is 7.42. The van der Waals surface area contributed by atoms with E-state index in [1.807, 2.05) is 12.1 Å². The quantitative estimate of drug-likeness (QED) is 0.590. The molecule has 1 atom stereocenters. The first-order valence-electron chi connectivity index (χ1n) is 9.73. The zero-order valence-electron chi connectivity index (χ0n) is 17.2. The van der Waals surface area contributed by atoms with Gasteiger partial charge in [-0.15, -0.1) is 10.2 Å². The average Bonchev–Trinajstić information content (AvgIpc) is 3.24. The molecule has 1 saturated heterocycles. The van der Waals surface area contributed by atoms with E-state index in [0.29, 0.717) is 16.8 Å². The van der Waals surface area contributed by atoms with E-state index < -0.39 is 12.1 Å². The maximum Gasteiger partial charge on any atom is 0.325 e. The van der Waals surface area contributed by atoms with Crippen molar-refractivity contribution in [2.75, 3.05) is 12.4 Å². The lowest BCUT2D eigenvalue weighted by Crippen LogP contribution is -2.31. The van der Waals surface area contributed by atoms with Crippen molar-refractivity contribution >= 4 is 34.3 Å². The van der Waals surface area contributed by atoms with Crippen LogP contribution in [0.25, 0.3) is 0 Å². The summed E-state index contributed by atoms with van der Waals surface area (Å²) in [6.45, 7) is 4.29. The summed E-state index contributed by atoms with van der Waals surface area (Å²) < 4.78 is 5.28. The highest BCUT2D eigenvalue weighted by atomic mass is 32.1. The van der Waals surface area contributed by atoms with Gasteiger partial charge < -0.3 is 15.4 Å². The summed E-state index contributed by atoms with van der Waals surface area (Å²) in [4.78, 5) is 38.3. The lowest BCUT2D eigenvalue weighted by Gasteiger charge is -2.15. The van der Waals surface area contributed by atoms with Crippen LogP contribution in [-0.4, -0.2) is 46.1 Å². The molecule has 10 heteroatoms. The van der Waals surface area contributed by atoms with Crippen LogP contribution in [-0.2, 0) is 22.6 Å². The Morgan fingerprint density at radius 3 is 2.80 bits per heavy atom. The van der Waals surface area contributed by atoms with Crippen molar-refractivity contribution in [2.45, 2.75) is 45.7 Å². The molecular formula is C20H25N5O4S. The van der Waals surface area contributed by atoms with Crippen LogP contribution in [0.5, 0.6) is 5.75 Å². The minimum absolute atomic E-state index is 0.0816. The number of carbonyl (C=O) groups excluding carboxylic acids is 3. The van der Waals surface area contributed by atoms with E-state index in [9.17, 15) is 14.4 Å². The third-order valence-corrected chi connectivity index (χ3v) is 5.45. The number of amides is 4. The molecule has 9 nitrogen and oxygen atoms in total. The van der Waals surface area contributed by atoms with Gasteiger partial charge in [0.1, 0.15) is 16.8 Å². The number of methoxy groups -OCH3 is 1. The first-order chi connectivity index (χ1) is 14.4. The van der Waals surface area contributed by atoms with Crippen LogP contribution < -0.4 is 15.4 Å². The summed E-state index contributed by atoms with van der Waals surface area (Å²) in [6.07, 6.45) is 1.09. The van der Waals surface area contributed by atoms with Gasteiger partial charge >= 0.3 is 6.03 Å². The van der Waals surface area contributed by atoms with Gasteiger partial charge in [-0.05, 0) is 18.4 Å². The topological polar surface area (TPSA) is 114 Å². The number of aromatic nitrogens is 2. The van der Waals surface area contributed by atoms with E-state index in [4.69, 9.17) is 4.74 Å². The number of carbonyl (C=O) groups is 3. The fraction of sp³-hybridized carbons (Fsp3) is 0.450. The van der Waals surface area contributed by atoms with Crippen molar-refractivity contribution in [1.82, 2.24) is 20.4 Å². The van der Waals surface area contributed by atoms with Crippen molar-refractivity contribution in [3.63, 3.8) is 0 Å². The van der Waals surface area contributed by atoms with E-state index in [-0.39, 0.29) is 31.2 Å². The third-order valence-electron chi connectivity index (χ3n) is 4.58. The van der Waals surface area contributed by atoms with E-state index >= 15 is 0 Å². The molecule has 0 saturated carbocycles. The molecule has 0 aliphatic carbocycles. The van der Waals surface area contributed by atoms with Gasteiger partial charge in [0.15, 0.2) is 0 Å². The predicted molar refractivity (Wildman–Crippen MR) is 112 cm³/mol. The summed E-state index contributed by atoms with van der Waals surface area (Å²) in [5.74, 6) is 0.438. The number of rotatable bonds is 9. The summed E-state index contributed by atoms with van der Waals surface area (Å²) in [6, 6.07) is 6.01. The largest absolute Gasteiger partial charge is 0.496 e. The van der Waals surface area contributed by atoms with Gasteiger partial charge in [0.25, 0.3) is 5.91 Å². The molecular weight excluding hydrogens is 406 g/mol. The molecule has 0 unspecified atom stereocenters. The molecule has 2 heterocycles. The van der Waals surface area contributed by atoms with Crippen molar-refractivity contribution < 1.29 is 19.1 Å². The molecule has 4 amide bonds. The van der Waals surface area contributed by atoms with E-state index in [1.54, 1.807) is 12.1 Å². The van der Waals surface area contributed by atoms with Gasteiger partial charge in [0, 0.05) is 18.4 Å². The van der Waals surface area contributed by atoms with Crippen LogP contribution in [0.2, 0.25) is 0 Å². The standard InChI is InChI=1S/C20H25N5O4S/c1-12(2)10-17-23-24-19(30-17)22-16(26)9-8-14-18(27)25(20(28)21-14)11-13-6-4-5-7-15(13)29-3/h4-7,12,14H,8-11H2,1-3H3,(H,21,28)(H,22,24,26)/t14-/m1/s1. The number of hydrogen-bond donors (Lipinski definition) is 2. The Morgan fingerprint density at radius 2 is 2.07 bits per heavy atom. The number of imide groups is 1. The molecule has 1 aromatic heterocycles. The summed E-state index contributed by atoms with van der Waals surface area (Å²) in [5.41, 5.74) is 0.732. The number of anilines is 1. The van der Waals surface area contributed by atoms with Crippen LogP contribution in [0.1, 0.15) is 37.3 Å². The third kappa shape index (κ3) is 5.32. The molecule has 3 rings (SSSR count). The van der Waals surface area contributed by atoms with Crippen molar-refractivity contribution in [1.29, 1.82) is 0 Å². The monoisotopic (exact) mass is 431 g/mol. The van der Waals surface area contributed by atoms with Gasteiger partial charge in [-0.3, -0.25) is 14.5 Å². The zero-order valence-corrected chi connectivity index (χ0v) is 18.0. The molecule has 2 N–H and O–H groups in total. The molecule has 1 aromatic carbocycles. The number of urea groups is 1. The molecule has 1 aliphatic rings. The van der Waals surface area contributed by atoms with Crippen LogP contribution >= 0.6 is 11.3 Å². The summed E-state index contributed by atoms with van der Waals surface area (Å²) >= 11 is 1.34. The van der Waals surface area contributed by atoms with Crippen molar-refractivity contribution in [2.24, 2.45) is 5.92 Å². The summed E-state index contributed by atoms with van der Waals surface area (Å²) in [7, 11) is 1.54. The van der Waals surface area contributed by atoms with Crippen LogP contribution in [0.3, 0.4) is 0 Å². The lowest BCUT2D eigenvalue weighted by molar-refractivity contribution is -0.128. The van der Waals surface area contributed by atoms with Gasteiger partial charge in [0.2, 0.25) is 11.0 Å². The Labute approximate surface area is 178 Å². The number of para-hydroxylation sites is 1. The Bertz CT molecular complexity index is 929. The van der Waals surface area contributed by atoms with Gasteiger partial charge in [-0.1, -0.05) is 43.4 Å². The highest BCUT2D eigenvalue weighted by molar-refractivity contribution is 7.15. The smallest absolute Gasteiger partial charge is 0.325 e. The average molecular weight is 432 g/mol. The minimum atomic E-state index is -0.733. The van der Waals surface area contributed by atoms with Gasteiger partial charge in [-0.25, -0.2) is 4.79 Å². The second-order valence-corrected chi connectivity index (χ2v) is 8.49. The Hall–Kier alpha value is -3.01. The molecule has 0 spiro atoms. The highest BCUT2D eigenvalue weighted by Gasteiger charge is 2.38. The molecule has 0 bridgehead atoms.